The lowest BCUT2D eigenvalue weighted by atomic mass is 9.99. The molecule has 0 saturated carbocycles. The molecule has 1 N–H and O–H groups in total. The summed E-state index contributed by atoms with van der Waals surface area (Å²) in [5, 5.41) is 9.28. The molecule has 8 heteroatoms. The molecule has 0 bridgehead atoms. The molecule has 0 atom stereocenters. The topological polar surface area (TPSA) is 29.5 Å². The average Bonchev–Trinajstić information content (AvgIpc) is 2.48. The van der Waals surface area contributed by atoms with E-state index in [9.17, 15) is 31.4 Å². The summed E-state index contributed by atoms with van der Waals surface area (Å²) < 4.78 is 80.8. The van der Waals surface area contributed by atoms with E-state index in [1.54, 1.807) is 0 Å². The van der Waals surface area contributed by atoms with Crippen LogP contribution in [0.15, 0.2) is 30.3 Å². The van der Waals surface area contributed by atoms with Crippen LogP contribution in [0.2, 0.25) is 0 Å². The average molecular weight is 336 g/mol. The maximum Gasteiger partial charge on any atom is 0.422 e. The Hall–Kier alpha value is -2.22. The Morgan fingerprint density at radius 1 is 0.870 bits per heavy atom. The van der Waals surface area contributed by atoms with Crippen LogP contribution in [-0.2, 0) is 6.61 Å². The number of halogens is 6. The van der Waals surface area contributed by atoms with Gasteiger partial charge in [-0.1, -0.05) is 6.07 Å². The van der Waals surface area contributed by atoms with Crippen molar-refractivity contribution in [2.24, 2.45) is 0 Å². The minimum atomic E-state index is -4.54. The third-order valence-electron chi connectivity index (χ3n) is 2.95. The van der Waals surface area contributed by atoms with Gasteiger partial charge in [0.25, 0.3) is 0 Å². The van der Waals surface area contributed by atoms with Crippen LogP contribution in [0.25, 0.3) is 11.1 Å². The molecule has 124 valence electrons. The zero-order chi connectivity index (χ0) is 17.2. The van der Waals surface area contributed by atoms with Crippen molar-refractivity contribution >= 4 is 0 Å². The lowest BCUT2D eigenvalue weighted by Gasteiger charge is -2.13. The Labute approximate surface area is 126 Å². The van der Waals surface area contributed by atoms with E-state index in [2.05, 4.69) is 4.74 Å². The zero-order valence-corrected chi connectivity index (χ0v) is 11.4. The van der Waals surface area contributed by atoms with Crippen molar-refractivity contribution in [3.8, 4) is 16.9 Å². The van der Waals surface area contributed by atoms with Gasteiger partial charge in [0.05, 0.1) is 6.61 Å². The second-order valence-corrected chi connectivity index (χ2v) is 4.63. The molecule has 0 amide bonds. The van der Waals surface area contributed by atoms with Crippen LogP contribution in [0.4, 0.5) is 26.3 Å². The first kappa shape index (κ1) is 17.1. The van der Waals surface area contributed by atoms with Gasteiger partial charge in [-0.3, -0.25) is 0 Å². The monoisotopic (exact) mass is 336 g/mol. The summed E-state index contributed by atoms with van der Waals surface area (Å²) >= 11 is 0. The van der Waals surface area contributed by atoms with Crippen molar-refractivity contribution in [1.82, 2.24) is 0 Å². The summed E-state index contributed by atoms with van der Waals surface area (Å²) in [6.07, 6.45) is -4.54. The smallest absolute Gasteiger partial charge is 0.422 e. The molecule has 0 fully saturated rings. The molecular weight excluding hydrogens is 326 g/mol. The highest BCUT2D eigenvalue weighted by atomic mass is 19.4. The second-order valence-electron chi connectivity index (χ2n) is 4.63. The van der Waals surface area contributed by atoms with Gasteiger partial charge in [-0.25, -0.2) is 13.2 Å². The number of alkyl halides is 3. The molecule has 2 rings (SSSR count). The predicted molar refractivity (Wildman–Crippen MR) is 69.2 cm³/mol. The fraction of sp³-hybridized carbons (Fsp3) is 0.200. The molecule has 0 radical (unpaired) electrons. The van der Waals surface area contributed by atoms with Gasteiger partial charge in [0, 0.05) is 11.6 Å². The molecule has 0 aromatic heterocycles. The van der Waals surface area contributed by atoms with E-state index in [4.69, 9.17) is 0 Å². The molecule has 2 aromatic rings. The predicted octanol–water partition coefficient (Wildman–Crippen LogP) is 4.20. The molecule has 23 heavy (non-hydrogen) atoms. The van der Waals surface area contributed by atoms with Gasteiger partial charge in [-0.05, 0) is 29.3 Å². The Bertz CT molecular complexity index is 712. The van der Waals surface area contributed by atoms with Gasteiger partial charge in [-0.2, -0.15) is 13.2 Å². The summed E-state index contributed by atoms with van der Waals surface area (Å²) in [6.45, 7) is -2.19. The summed E-state index contributed by atoms with van der Waals surface area (Å²) in [6, 6.07) is 4.30. The Morgan fingerprint density at radius 2 is 1.52 bits per heavy atom. The number of hydrogen-bond acceptors (Lipinski definition) is 2. The number of rotatable bonds is 4. The lowest BCUT2D eigenvalue weighted by molar-refractivity contribution is -0.153. The first-order chi connectivity index (χ1) is 10.7. The van der Waals surface area contributed by atoms with Crippen molar-refractivity contribution in [1.29, 1.82) is 0 Å². The fourth-order valence-corrected chi connectivity index (χ4v) is 1.95. The number of aliphatic hydroxyl groups excluding tert-OH is 1. The molecule has 0 saturated heterocycles. The second kappa shape index (κ2) is 6.49. The van der Waals surface area contributed by atoms with Crippen LogP contribution in [0.3, 0.4) is 0 Å². The number of hydrogen-bond donors (Lipinski definition) is 1. The highest BCUT2D eigenvalue weighted by molar-refractivity contribution is 5.69. The van der Waals surface area contributed by atoms with Crippen LogP contribution in [0, 0.1) is 17.5 Å². The Balaban J connectivity index is 2.39. The quantitative estimate of drug-likeness (QED) is 0.670. The highest BCUT2D eigenvalue weighted by Gasteiger charge is 2.28. The molecule has 0 heterocycles. The SMILES string of the molecule is OCc1cc(OCC(F)(F)F)ccc1-c1cc(F)c(F)cc1F. The van der Waals surface area contributed by atoms with Gasteiger partial charge >= 0.3 is 6.18 Å². The maximum atomic E-state index is 13.8. The van der Waals surface area contributed by atoms with Crippen LogP contribution >= 0.6 is 0 Å². The molecule has 0 aliphatic heterocycles. The molecule has 0 aliphatic carbocycles. The fourth-order valence-electron chi connectivity index (χ4n) is 1.95. The van der Waals surface area contributed by atoms with Gasteiger partial charge < -0.3 is 9.84 Å². The third kappa shape index (κ3) is 4.16. The van der Waals surface area contributed by atoms with Crippen LogP contribution in [0.5, 0.6) is 5.75 Å². The van der Waals surface area contributed by atoms with E-state index in [-0.39, 0.29) is 22.4 Å². The molecular formula is C15H10F6O2. The van der Waals surface area contributed by atoms with Crippen LogP contribution < -0.4 is 4.74 Å². The van der Waals surface area contributed by atoms with Crippen molar-refractivity contribution < 1.29 is 36.2 Å². The Kier molecular flexibility index (Phi) is 4.84. The zero-order valence-electron chi connectivity index (χ0n) is 11.4. The first-order valence-electron chi connectivity index (χ1n) is 6.29. The molecule has 0 spiro atoms. The van der Waals surface area contributed by atoms with Gasteiger partial charge in [0.2, 0.25) is 0 Å². The number of aliphatic hydroxyl groups is 1. The summed E-state index contributed by atoms with van der Waals surface area (Å²) in [7, 11) is 0. The van der Waals surface area contributed by atoms with Gasteiger partial charge in [0.1, 0.15) is 11.6 Å². The largest absolute Gasteiger partial charge is 0.484 e. The van der Waals surface area contributed by atoms with E-state index in [1.807, 2.05) is 0 Å². The highest BCUT2D eigenvalue weighted by Crippen LogP contribution is 2.31. The number of benzene rings is 2. The van der Waals surface area contributed by atoms with Gasteiger partial charge in [0.15, 0.2) is 18.2 Å². The minimum absolute atomic E-state index is 0.00887. The van der Waals surface area contributed by atoms with E-state index < -0.39 is 36.8 Å². The third-order valence-corrected chi connectivity index (χ3v) is 2.95. The van der Waals surface area contributed by atoms with E-state index in [0.717, 1.165) is 18.2 Å². The normalized spacial score (nSPS) is 11.6. The minimum Gasteiger partial charge on any atom is -0.484 e. The molecule has 0 aliphatic rings. The summed E-state index contributed by atoms with van der Waals surface area (Å²) in [5.74, 6) is -3.93. The first-order valence-corrected chi connectivity index (χ1v) is 6.29. The van der Waals surface area contributed by atoms with Crippen molar-refractivity contribution in [3.05, 3.63) is 53.3 Å². The van der Waals surface area contributed by atoms with Crippen molar-refractivity contribution in [3.63, 3.8) is 0 Å². The molecule has 0 unspecified atom stereocenters. The summed E-state index contributed by atoms with van der Waals surface area (Å²) in [5.41, 5.74) is -0.298. The van der Waals surface area contributed by atoms with Crippen LogP contribution in [-0.4, -0.2) is 17.9 Å². The number of ether oxygens (including phenoxy) is 1. The van der Waals surface area contributed by atoms with Crippen molar-refractivity contribution in [2.45, 2.75) is 12.8 Å². The summed E-state index contributed by atoms with van der Waals surface area (Å²) in [4.78, 5) is 0. The maximum absolute atomic E-state index is 13.8. The Morgan fingerprint density at radius 3 is 2.13 bits per heavy atom. The van der Waals surface area contributed by atoms with Gasteiger partial charge in [-0.15, -0.1) is 0 Å². The van der Waals surface area contributed by atoms with E-state index in [1.165, 1.54) is 0 Å². The van der Waals surface area contributed by atoms with E-state index >= 15 is 0 Å². The lowest BCUT2D eigenvalue weighted by Crippen LogP contribution is -2.19. The molecule has 2 nitrogen and oxygen atoms in total. The van der Waals surface area contributed by atoms with Crippen molar-refractivity contribution in [2.75, 3.05) is 6.61 Å². The molecule has 2 aromatic carbocycles. The van der Waals surface area contributed by atoms with Crippen LogP contribution in [0.1, 0.15) is 5.56 Å². The van der Waals surface area contributed by atoms with E-state index in [0.29, 0.717) is 12.1 Å². The standard InChI is InChI=1S/C15H10F6O2/c16-12-5-14(18)13(17)4-11(12)10-2-1-9(3-8(10)6-22)23-7-15(19,20)21/h1-5,22H,6-7H2.